The van der Waals surface area contributed by atoms with Crippen molar-refractivity contribution < 1.29 is 14.3 Å². The molecule has 0 atom stereocenters. The lowest BCUT2D eigenvalue weighted by molar-refractivity contribution is 0.0949. The topological polar surface area (TPSA) is 65.4 Å². The van der Waals surface area contributed by atoms with Gasteiger partial charge in [-0.15, -0.1) is 0 Å². The van der Waals surface area contributed by atoms with Crippen LogP contribution in [0.3, 0.4) is 0 Å². The minimum absolute atomic E-state index is 0.171. The Labute approximate surface area is 130 Å². The fraction of sp³-hybridized carbons (Fsp3) is 0.375. The average Bonchev–Trinajstić information content (AvgIpc) is 2.85. The number of imidazole rings is 1. The highest BCUT2D eigenvalue weighted by molar-refractivity contribution is 5.97. The van der Waals surface area contributed by atoms with E-state index in [1.165, 1.54) is 7.11 Å². The van der Waals surface area contributed by atoms with Crippen LogP contribution in [-0.4, -0.2) is 36.2 Å². The molecule has 6 nitrogen and oxygen atoms in total. The molecule has 1 N–H and O–H groups in total. The van der Waals surface area contributed by atoms with Crippen LogP contribution in [0.5, 0.6) is 11.5 Å². The van der Waals surface area contributed by atoms with Gasteiger partial charge in [-0.1, -0.05) is 0 Å². The van der Waals surface area contributed by atoms with Gasteiger partial charge in [0.05, 0.1) is 19.8 Å². The van der Waals surface area contributed by atoms with Crippen LogP contribution in [0, 0.1) is 13.8 Å². The van der Waals surface area contributed by atoms with Gasteiger partial charge in [0.1, 0.15) is 17.3 Å². The Kier molecular flexibility index (Phi) is 5.04. The van der Waals surface area contributed by atoms with Gasteiger partial charge in [-0.25, -0.2) is 4.98 Å². The van der Waals surface area contributed by atoms with Crippen molar-refractivity contribution in [3.8, 4) is 11.5 Å². The van der Waals surface area contributed by atoms with Gasteiger partial charge in [-0.2, -0.15) is 0 Å². The molecule has 0 aliphatic carbocycles. The summed E-state index contributed by atoms with van der Waals surface area (Å²) >= 11 is 0. The first-order chi connectivity index (χ1) is 10.6. The minimum atomic E-state index is -0.171. The lowest BCUT2D eigenvalue weighted by atomic mass is 10.1. The Balaban J connectivity index is 2.01. The van der Waals surface area contributed by atoms with Crippen LogP contribution < -0.4 is 14.8 Å². The summed E-state index contributed by atoms with van der Waals surface area (Å²) in [5, 5.41) is 2.90. The van der Waals surface area contributed by atoms with E-state index in [1.807, 2.05) is 20.0 Å². The number of carbonyl (C=O) groups is 1. The van der Waals surface area contributed by atoms with Crippen LogP contribution in [0.25, 0.3) is 0 Å². The highest BCUT2D eigenvalue weighted by Crippen LogP contribution is 2.24. The van der Waals surface area contributed by atoms with Crippen LogP contribution in [0.2, 0.25) is 0 Å². The molecule has 0 spiro atoms. The predicted octanol–water partition coefficient (Wildman–Crippen LogP) is 1.95. The summed E-state index contributed by atoms with van der Waals surface area (Å²) in [6.07, 6.45) is 1.82. The number of nitrogens with one attached hydrogen (secondary N) is 1. The third-order valence-corrected chi connectivity index (χ3v) is 3.53. The monoisotopic (exact) mass is 303 g/mol. The van der Waals surface area contributed by atoms with Crippen LogP contribution in [0.1, 0.15) is 21.9 Å². The molecule has 1 aromatic carbocycles. The zero-order valence-electron chi connectivity index (χ0n) is 13.3. The molecule has 6 heteroatoms. The van der Waals surface area contributed by atoms with E-state index in [4.69, 9.17) is 9.47 Å². The molecule has 2 rings (SSSR count). The zero-order chi connectivity index (χ0) is 16.1. The quantitative estimate of drug-likeness (QED) is 0.886. The molecule has 0 aliphatic rings. The van der Waals surface area contributed by atoms with Gasteiger partial charge in [-0.3, -0.25) is 4.79 Å². The lowest BCUT2D eigenvalue weighted by Crippen LogP contribution is -2.28. The maximum Gasteiger partial charge on any atom is 0.255 e. The molecule has 0 fully saturated rings. The number of benzene rings is 1. The van der Waals surface area contributed by atoms with E-state index in [2.05, 4.69) is 14.9 Å². The van der Waals surface area contributed by atoms with E-state index in [0.717, 1.165) is 11.5 Å². The van der Waals surface area contributed by atoms with Crippen LogP contribution in [0.15, 0.2) is 24.4 Å². The van der Waals surface area contributed by atoms with Crippen molar-refractivity contribution in [1.29, 1.82) is 0 Å². The van der Waals surface area contributed by atoms with Crippen molar-refractivity contribution >= 4 is 5.91 Å². The molecule has 0 saturated heterocycles. The Bertz CT molecular complexity index is 645. The molecule has 22 heavy (non-hydrogen) atoms. The summed E-state index contributed by atoms with van der Waals surface area (Å²) in [6.45, 7) is 5.14. The maximum absolute atomic E-state index is 12.3. The van der Waals surface area contributed by atoms with Gasteiger partial charge in [0.2, 0.25) is 0 Å². The molecule has 2 aromatic rings. The number of hydrogen-bond acceptors (Lipinski definition) is 4. The summed E-state index contributed by atoms with van der Waals surface area (Å²) in [5.74, 6) is 1.91. The standard InChI is InChI=1S/C16H21N3O3/c1-11-10-18-12(2)19(11)8-7-17-16(20)14-6-5-13(21-3)9-15(14)22-4/h5-6,9-10H,7-8H2,1-4H3,(H,17,20). The predicted molar refractivity (Wildman–Crippen MR) is 83.6 cm³/mol. The molecule has 1 heterocycles. The molecular formula is C16H21N3O3. The minimum Gasteiger partial charge on any atom is -0.497 e. The van der Waals surface area contributed by atoms with Gasteiger partial charge in [-0.05, 0) is 26.0 Å². The first kappa shape index (κ1) is 15.9. The fourth-order valence-electron chi connectivity index (χ4n) is 2.28. The van der Waals surface area contributed by atoms with Gasteiger partial charge >= 0.3 is 0 Å². The third-order valence-electron chi connectivity index (χ3n) is 3.53. The highest BCUT2D eigenvalue weighted by atomic mass is 16.5. The second kappa shape index (κ2) is 6.98. The van der Waals surface area contributed by atoms with Crippen molar-refractivity contribution in [3.05, 3.63) is 41.5 Å². The van der Waals surface area contributed by atoms with Crippen LogP contribution >= 0.6 is 0 Å². The number of aryl methyl sites for hydroxylation is 2. The van der Waals surface area contributed by atoms with E-state index in [1.54, 1.807) is 25.3 Å². The first-order valence-electron chi connectivity index (χ1n) is 7.05. The normalized spacial score (nSPS) is 10.4. The Morgan fingerprint density at radius 3 is 2.64 bits per heavy atom. The third kappa shape index (κ3) is 3.39. The average molecular weight is 303 g/mol. The van der Waals surface area contributed by atoms with E-state index >= 15 is 0 Å². The first-order valence-corrected chi connectivity index (χ1v) is 7.05. The molecule has 0 aliphatic heterocycles. The van der Waals surface area contributed by atoms with Crippen LogP contribution in [0.4, 0.5) is 0 Å². The number of carbonyl (C=O) groups excluding carboxylic acids is 1. The van der Waals surface area contributed by atoms with E-state index in [9.17, 15) is 4.79 Å². The molecule has 1 aromatic heterocycles. The van der Waals surface area contributed by atoms with Gasteiger partial charge in [0, 0.05) is 31.0 Å². The summed E-state index contributed by atoms with van der Waals surface area (Å²) in [5.41, 5.74) is 1.57. The van der Waals surface area contributed by atoms with E-state index in [0.29, 0.717) is 30.2 Å². The number of methoxy groups -OCH3 is 2. The molecular weight excluding hydrogens is 282 g/mol. The molecule has 0 unspecified atom stereocenters. The summed E-state index contributed by atoms with van der Waals surface area (Å²) in [7, 11) is 3.11. The fourth-order valence-corrected chi connectivity index (χ4v) is 2.28. The molecule has 118 valence electrons. The van der Waals surface area contributed by atoms with Gasteiger partial charge in [0.15, 0.2) is 0 Å². The number of nitrogens with zero attached hydrogens (tertiary/aromatic N) is 2. The molecule has 0 radical (unpaired) electrons. The Hall–Kier alpha value is -2.50. The number of hydrogen-bond donors (Lipinski definition) is 1. The largest absolute Gasteiger partial charge is 0.497 e. The van der Waals surface area contributed by atoms with E-state index < -0.39 is 0 Å². The van der Waals surface area contributed by atoms with Crippen molar-refractivity contribution in [1.82, 2.24) is 14.9 Å². The number of rotatable bonds is 6. The second-order valence-electron chi connectivity index (χ2n) is 4.92. The van der Waals surface area contributed by atoms with Gasteiger partial charge < -0.3 is 19.4 Å². The Morgan fingerprint density at radius 2 is 2.05 bits per heavy atom. The maximum atomic E-state index is 12.3. The van der Waals surface area contributed by atoms with Gasteiger partial charge in [0.25, 0.3) is 5.91 Å². The van der Waals surface area contributed by atoms with Crippen molar-refractivity contribution in [3.63, 3.8) is 0 Å². The number of ether oxygens (including phenoxy) is 2. The molecule has 1 amide bonds. The Morgan fingerprint density at radius 1 is 1.27 bits per heavy atom. The summed E-state index contributed by atoms with van der Waals surface area (Å²) in [6, 6.07) is 5.13. The summed E-state index contributed by atoms with van der Waals surface area (Å²) < 4.78 is 12.4. The summed E-state index contributed by atoms with van der Waals surface area (Å²) in [4.78, 5) is 16.5. The zero-order valence-corrected chi connectivity index (χ0v) is 13.3. The van der Waals surface area contributed by atoms with E-state index in [-0.39, 0.29) is 5.91 Å². The molecule has 0 bridgehead atoms. The number of amides is 1. The number of aromatic nitrogens is 2. The SMILES string of the molecule is COc1ccc(C(=O)NCCn2c(C)cnc2C)c(OC)c1. The van der Waals surface area contributed by atoms with Crippen molar-refractivity contribution in [2.75, 3.05) is 20.8 Å². The van der Waals surface area contributed by atoms with Crippen LogP contribution in [-0.2, 0) is 6.54 Å². The highest BCUT2D eigenvalue weighted by Gasteiger charge is 2.13. The van der Waals surface area contributed by atoms with Crippen molar-refractivity contribution in [2.45, 2.75) is 20.4 Å². The van der Waals surface area contributed by atoms with Crippen molar-refractivity contribution in [2.24, 2.45) is 0 Å². The smallest absolute Gasteiger partial charge is 0.255 e. The second-order valence-corrected chi connectivity index (χ2v) is 4.92. The molecule has 0 saturated carbocycles. The lowest BCUT2D eigenvalue weighted by Gasteiger charge is -2.12.